The maximum absolute atomic E-state index is 14.2. The van der Waals surface area contributed by atoms with Gasteiger partial charge in [-0.15, -0.1) is 21.5 Å². The Morgan fingerprint density at radius 2 is 1.90 bits per heavy atom. The van der Waals surface area contributed by atoms with Gasteiger partial charge in [-0.3, -0.25) is 9.59 Å². The number of amides is 1. The lowest BCUT2D eigenvalue weighted by atomic mass is 9.96. The van der Waals surface area contributed by atoms with Crippen molar-refractivity contribution in [3.63, 3.8) is 0 Å². The van der Waals surface area contributed by atoms with E-state index in [0.29, 0.717) is 73.0 Å². The number of rotatable bonds is 6. The second-order valence-electron chi connectivity index (χ2n) is 10.1. The Hall–Kier alpha value is -2.93. The lowest BCUT2D eigenvalue weighted by Crippen LogP contribution is -2.44. The standard InChI is InChI=1S/C27H31N5O5S2/c1-15(2)20-13-19-21(14-37-20)39-25-22(19)24(34)31(17-5-7-18(35-4)8-6-17)26-28-29-27(32(25)26)38-16(3)23(33)30-9-11-36-12-10-30/h5-8,15-16,20H,9-14H2,1-4H3/t16-,20+/m0/s1. The molecule has 2 atom stereocenters. The minimum Gasteiger partial charge on any atom is -0.497 e. The number of morpholine rings is 1. The monoisotopic (exact) mass is 569 g/mol. The first-order valence-electron chi connectivity index (χ1n) is 13.1. The van der Waals surface area contributed by atoms with Crippen LogP contribution < -0.4 is 10.3 Å². The Labute approximate surface area is 233 Å². The number of nitrogens with zero attached hydrogens (tertiary/aromatic N) is 5. The highest BCUT2D eigenvalue weighted by Crippen LogP contribution is 2.38. The number of methoxy groups -OCH3 is 1. The van der Waals surface area contributed by atoms with Crippen LogP contribution in [0.4, 0.5) is 0 Å². The van der Waals surface area contributed by atoms with Crippen molar-refractivity contribution in [1.29, 1.82) is 0 Å². The van der Waals surface area contributed by atoms with Crippen molar-refractivity contribution in [2.45, 2.75) is 50.3 Å². The van der Waals surface area contributed by atoms with Crippen LogP contribution >= 0.6 is 23.1 Å². The third-order valence-electron chi connectivity index (χ3n) is 7.37. The lowest BCUT2D eigenvalue weighted by molar-refractivity contribution is -0.134. The molecule has 0 bridgehead atoms. The summed E-state index contributed by atoms with van der Waals surface area (Å²) in [6, 6.07) is 7.33. The second kappa shape index (κ2) is 10.6. The number of hydrogen-bond acceptors (Lipinski definition) is 9. The summed E-state index contributed by atoms with van der Waals surface area (Å²) in [5, 5.41) is 9.84. The van der Waals surface area contributed by atoms with Crippen LogP contribution in [-0.2, 0) is 27.3 Å². The van der Waals surface area contributed by atoms with Crippen LogP contribution in [-0.4, -0.2) is 74.7 Å². The summed E-state index contributed by atoms with van der Waals surface area (Å²) < 4.78 is 20.4. The molecular formula is C27H31N5O5S2. The smallest absolute Gasteiger partial charge is 0.268 e. The largest absolute Gasteiger partial charge is 0.497 e. The first-order valence-corrected chi connectivity index (χ1v) is 14.8. The summed E-state index contributed by atoms with van der Waals surface area (Å²) in [6.07, 6.45) is 0.716. The molecule has 1 fully saturated rings. The molecule has 12 heteroatoms. The van der Waals surface area contributed by atoms with Gasteiger partial charge in [0.05, 0.1) is 49.4 Å². The number of carbonyl (C=O) groups is 1. The van der Waals surface area contributed by atoms with Crippen LogP contribution in [0.15, 0.2) is 34.2 Å². The number of fused-ring (bicyclic) bond motifs is 5. The van der Waals surface area contributed by atoms with Gasteiger partial charge >= 0.3 is 0 Å². The van der Waals surface area contributed by atoms with Crippen LogP contribution in [0.5, 0.6) is 5.75 Å². The highest BCUT2D eigenvalue weighted by atomic mass is 32.2. The van der Waals surface area contributed by atoms with E-state index in [1.165, 1.54) is 11.8 Å². The molecule has 1 amide bonds. The van der Waals surface area contributed by atoms with E-state index in [1.54, 1.807) is 23.0 Å². The van der Waals surface area contributed by atoms with E-state index >= 15 is 0 Å². The van der Waals surface area contributed by atoms with E-state index in [4.69, 9.17) is 14.2 Å². The number of benzene rings is 1. The zero-order valence-corrected chi connectivity index (χ0v) is 24.0. The van der Waals surface area contributed by atoms with Gasteiger partial charge < -0.3 is 19.1 Å². The number of hydrogen-bond donors (Lipinski definition) is 0. The minimum absolute atomic E-state index is 0.0402. The number of carbonyl (C=O) groups excluding carboxylic acids is 1. The predicted octanol–water partition coefficient (Wildman–Crippen LogP) is 3.54. The van der Waals surface area contributed by atoms with E-state index in [1.807, 2.05) is 40.5 Å². The number of aromatic nitrogens is 4. The zero-order chi connectivity index (χ0) is 27.3. The Kier molecular flexibility index (Phi) is 7.13. The SMILES string of the molecule is COc1ccc(-n2c(=O)c3c4c(sc3n3c(S[C@@H](C)C(=O)N5CCOCC5)nnc23)CO[C@@H](C(C)C)C4)cc1. The maximum atomic E-state index is 14.2. The fourth-order valence-electron chi connectivity index (χ4n) is 5.16. The molecule has 3 aromatic heterocycles. The molecule has 39 heavy (non-hydrogen) atoms. The third kappa shape index (κ3) is 4.62. The summed E-state index contributed by atoms with van der Waals surface area (Å²) in [5.41, 5.74) is 1.57. The molecule has 5 heterocycles. The van der Waals surface area contributed by atoms with Crippen LogP contribution in [0.25, 0.3) is 21.7 Å². The van der Waals surface area contributed by atoms with Crippen molar-refractivity contribution >= 4 is 45.0 Å². The quantitative estimate of drug-likeness (QED) is 0.325. The Morgan fingerprint density at radius 1 is 1.15 bits per heavy atom. The maximum Gasteiger partial charge on any atom is 0.268 e. The molecule has 0 saturated carbocycles. The van der Waals surface area contributed by atoms with Crippen molar-refractivity contribution in [1.82, 2.24) is 24.1 Å². The zero-order valence-electron chi connectivity index (χ0n) is 22.4. The van der Waals surface area contributed by atoms with Gasteiger partial charge in [-0.2, -0.15) is 0 Å². The predicted molar refractivity (Wildman–Crippen MR) is 150 cm³/mol. The molecular weight excluding hydrogens is 538 g/mol. The van der Waals surface area contributed by atoms with Crippen LogP contribution in [0, 0.1) is 5.92 Å². The molecule has 0 N–H and O–H groups in total. The van der Waals surface area contributed by atoms with Gasteiger partial charge in [0, 0.05) is 24.4 Å². The highest BCUT2D eigenvalue weighted by Gasteiger charge is 2.31. The van der Waals surface area contributed by atoms with Crippen molar-refractivity contribution in [3.05, 3.63) is 45.1 Å². The Balaban J connectivity index is 1.52. The topological polar surface area (TPSA) is 100 Å². The third-order valence-corrected chi connectivity index (χ3v) is 9.59. The van der Waals surface area contributed by atoms with E-state index in [9.17, 15) is 9.59 Å². The normalized spacial score (nSPS) is 18.6. The number of thiophene rings is 1. The van der Waals surface area contributed by atoms with Gasteiger partial charge in [-0.25, -0.2) is 8.97 Å². The Morgan fingerprint density at radius 3 is 2.59 bits per heavy atom. The molecule has 0 aliphatic carbocycles. The lowest BCUT2D eigenvalue weighted by Gasteiger charge is -2.28. The number of ether oxygens (including phenoxy) is 3. The van der Waals surface area contributed by atoms with Crippen LogP contribution in [0.3, 0.4) is 0 Å². The summed E-state index contributed by atoms with van der Waals surface area (Å²) >= 11 is 2.91. The molecule has 0 unspecified atom stereocenters. The van der Waals surface area contributed by atoms with Gasteiger partial charge in [0.25, 0.3) is 5.56 Å². The summed E-state index contributed by atoms with van der Waals surface area (Å²) in [7, 11) is 1.61. The number of thioether (sulfide) groups is 1. The molecule has 6 rings (SSSR count). The van der Waals surface area contributed by atoms with Gasteiger partial charge in [-0.1, -0.05) is 25.6 Å². The van der Waals surface area contributed by atoms with Gasteiger partial charge in [-0.05, 0) is 42.7 Å². The van der Waals surface area contributed by atoms with E-state index in [0.717, 1.165) is 15.3 Å². The molecule has 2 aliphatic heterocycles. The molecule has 0 radical (unpaired) electrons. The summed E-state index contributed by atoms with van der Waals surface area (Å²) in [4.78, 5) is 31.1. The van der Waals surface area contributed by atoms with Crippen LogP contribution in [0.1, 0.15) is 31.2 Å². The van der Waals surface area contributed by atoms with Crippen molar-refractivity contribution in [3.8, 4) is 11.4 Å². The summed E-state index contributed by atoms with van der Waals surface area (Å²) in [5.74, 6) is 1.47. The van der Waals surface area contributed by atoms with E-state index < -0.39 is 0 Å². The first kappa shape index (κ1) is 26.3. The van der Waals surface area contributed by atoms with E-state index in [2.05, 4.69) is 24.0 Å². The Bertz CT molecular complexity index is 1590. The molecule has 1 saturated heterocycles. The average Bonchev–Trinajstić information content (AvgIpc) is 3.54. The van der Waals surface area contributed by atoms with Crippen molar-refractivity contribution in [2.24, 2.45) is 5.92 Å². The highest BCUT2D eigenvalue weighted by molar-refractivity contribution is 8.00. The van der Waals surface area contributed by atoms with Crippen LogP contribution in [0.2, 0.25) is 0 Å². The molecule has 10 nitrogen and oxygen atoms in total. The van der Waals surface area contributed by atoms with Gasteiger partial charge in [0.2, 0.25) is 11.7 Å². The molecule has 4 aromatic rings. The van der Waals surface area contributed by atoms with Gasteiger partial charge in [0.15, 0.2) is 5.16 Å². The fraction of sp³-hybridized carbons (Fsp3) is 0.481. The molecule has 0 spiro atoms. The van der Waals surface area contributed by atoms with Crippen molar-refractivity contribution in [2.75, 3.05) is 33.4 Å². The second-order valence-corrected chi connectivity index (χ2v) is 12.5. The van der Waals surface area contributed by atoms with Gasteiger partial charge in [0.1, 0.15) is 10.6 Å². The molecule has 1 aromatic carbocycles. The first-order chi connectivity index (χ1) is 18.9. The van der Waals surface area contributed by atoms with Crippen molar-refractivity contribution < 1.29 is 19.0 Å². The molecule has 2 aliphatic rings. The van der Waals surface area contributed by atoms with E-state index in [-0.39, 0.29) is 22.8 Å². The molecule has 206 valence electrons. The average molecular weight is 570 g/mol. The fourth-order valence-corrected chi connectivity index (χ4v) is 7.39. The minimum atomic E-state index is -0.379. The summed E-state index contributed by atoms with van der Waals surface area (Å²) in [6.45, 7) is 8.90.